The molecule has 5 nitrogen and oxygen atoms in total. The number of imidazole rings is 1. The molecule has 1 aliphatic carbocycles. The molecular formula is C18H24Cl2N4O. The summed E-state index contributed by atoms with van der Waals surface area (Å²) in [5.41, 5.74) is 1.54. The maximum Gasteiger partial charge on any atom is 0.240 e. The molecule has 1 N–H and O–H groups in total. The number of nitrogens with one attached hydrogen (secondary N) is 1. The second-order valence-electron chi connectivity index (χ2n) is 6.75. The van der Waals surface area contributed by atoms with E-state index < -0.39 is 0 Å². The van der Waals surface area contributed by atoms with Crippen LogP contribution in [0, 0.1) is 0 Å². The Balaban J connectivity index is 1.50. The maximum atomic E-state index is 12.2. The lowest BCUT2D eigenvalue weighted by Gasteiger charge is -2.31. The number of rotatable bonds is 6. The quantitative estimate of drug-likeness (QED) is 0.827. The van der Waals surface area contributed by atoms with Crippen molar-refractivity contribution in [3.8, 4) is 0 Å². The first-order valence-electron chi connectivity index (χ1n) is 8.81. The topological polar surface area (TPSA) is 50.2 Å². The van der Waals surface area contributed by atoms with E-state index in [1.807, 2.05) is 0 Å². The number of fused-ring (bicyclic) bond motifs is 1. The summed E-state index contributed by atoms with van der Waals surface area (Å²) in [5, 5.41) is 3.92. The van der Waals surface area contributed by atoms with Gasteiger partial charge in [-0.05, 0) is 32.0 Å². The van der Waals surface area contributed by atoms with Gasteiger partial charge in [-0.2, -0.15) is 0 Å². The van der Waals surface area contributed by atoms with E-state index in [0.29, 0.717) is 22.6 Å². The first-order valence-corrected chi connectivity index (χ1v) is 9.57. The smallest absolute Gasteiger partial charge is 0.240 e. The molecule has 25 heavy (non-hydrogen) atoms. The van der Waals surface area contributed by atoms with Gasteiger partial charge in [0.05, 0.1) is 27.4 Å². The van der Waals surface area contributed by atoms with Gasteiger partial charge in [0.15, 0.2) is 0 Å². The Morgan fingerprint density at radius 1 is 1.28 bits per heavy atom. The Morgan fingerprint density at radius 3 is 2.76 bits per heavy atom. The van der Waals surface area contributed by atoms with E-state index in [9.17, 15) is 4.79 Å². The van der Waals surface area contributed by atoms with Crippen LogP contribution < -0.4 is 5.32 Å². The molecule has 1 saturated carbocycles. The molecule has 1 aromatic carbocycles. The maximum absolute atomic E-state index is 12.2. The van der Waals surface area contributed by atoms with Gasteiger partial charge < -0.3 is 14.8 Å². The van der Waals surface area contributed by atoms with Crippen molar-refractivity contribution in [2.75, 3.05) is 20.1 Å². The number of aromatic nitrogens is 2. The normalized spacial score (nSPS) is 15.8. The van der Waals surface area contributed by atoms with Crippen molar-refractivity contribution < 1.29 is 4.79 Å². The van der Waals surface area contributed by atoms with Crippen molar-refractivity contribution in [2.45, 2.75) is 44.7 Å². The Labute approximate surface area is 158 Å². The lowest BCUT2D eigenvalue weighted by Crippen LogP contribution is -2.40. The van der Waals surface area contributed by atoms with Crippen LogP contribution in [0.15, 0.2) is 18.5 Å². The third kappa shape index (κ3) is 4.66. The van der Waals surface area contributed by atoms with Gasteiger partial charge in [0.1, 0.15) is 6.54 Å². The number of halogens is 2. The summed E-state index contributed by atoms with van der Waals surface area (Å²) in [4.78, 5) is 18.9. The molecule has 0 atom stereocenters. The highest BCUT2D eigenvalue weighted by atomic mass is 35.5. The standard InChI is InChI=1S/C18H24Cl2N4O/c1-23(13-5-3-2-4-6-13)8-7-21-18(25)11-24-12-22-16-9-14(19)15(20)10-17(16)24/h9-10,12-13H,2-8,11H2,1H3,(H,21,25). The van der Waals surface area contributed by atoms with Gasteiger partial charge in [-0.1, -0.05) is 42.5 Å². The summed E-state index contributed by atoms with van der Waals surface area (Å²) in [6, 6.07) is 4.12. The second-order valence-corrected chi connectivity index (χ2v) is 7.56. The van der Waals surface area contributed by atoms with Crippen LogP contribution in [0.2, 0.25) is 10.0 Å². The molecule has 0 radical (unpaired) electrons. The van der Waals surface area contributed by atoms with Crippen molar-refractivity contribution in [1.29, 1.82) is 0 Å². The number of carbonyl (C=O) groups excluding carboxylic acids is 1. The fraction of sp³-hybridized carbons (Fsp3) is 0.556. The van der Waals surface area contributed by atoms with Gasteiger partial charge in [0, 0.05) is 19.1 Å². The molecule has 7 heteroatoms. The number of likely N-dealkylation sites (N-methyl/N-ethyl adjacent to an activating group) is 1. The van der Waals surface area contributed by atoms with Crippen LogP contribution in [0.25, 0.3) is 11.0 Å². The van der Waals surface area contributed by atoms with Gasteiger partial charge in [-0.15, -0.1) is 0 Å². The van der Waals surface area contributed by atoms with E-state index in [1.54, 1.807) is 23.0 Å². The molecule has 136 valence electrons. The largest absolute Gasteiger partial charge is 0.353 e. The molecule has 1 aliphatic rings. The highest BCUT2D eigenvalue weighted by Crippen LogP contribution is 2.27. The van der Waals surface area contributed by atoms with Crippen molar-refractivity contribution in [2.24, 2.45) is 0 Å². The molecule has 0 bridgehead atoms. The van der Waals surface area contributed by atoms with Crippen molar-refractivity contribution in [1.82, 2.24) is 19.8 Å². The van der Waals surface area contributed by atoms with Gasteiger partial charge in [-0.3, -0.25) is 4.79 Å². The predicted molar refractivity (Wildman–Crippen MR) is 102 cm³/mol. The van der Waals surface area contributed by atoms with E-state index in [4.69, 9.17) is 23.2 Å². The Kier molecular flexibility index (Phi) is 6.20. The summed E-state index contributed by atoms with van der Waals surface area (Å²) in [7, 11) is 2.15. The van der Waals surface area contributed by atoms with Crippen LogP contribution >= 0.6 is 23.2 Å². The number of hydrogen-bond acceptors (Lipinski definition) is 3. The van der Waals surface area contributed by atoms with Crippen LogP contribution in [-0.2, 0) is 11.3 Å². The summed E-state index contributed by atoms with van der Waals surface area (Å²) < 4.78 is 1.79. The highest BCUT2D eigenvalue weighted by molar-refractivity contribution is 6.42. The van der Waals surface area contributed by atoms with E-state index in [1.165, 1.54) is 32.1 Å². The van der Waals surface area contributed by atoms with E-state index in [0.717, 1.165) is 17.6 Å². The average Bonchev–Trinajstić information content (AvgIpc) is 2.97. The predicted octanol–water partition coefficient (Wildman–Crippen LogP) is 3.72. The lowest BCUT2D eigenvalue weighted by molar-refractivity contribution is -0.121. The van der Waals surface area contributed by atoms with E-state index in [2.05, 4.69) is 22.2 Å². The molecule has 1 heterocycles. The molecule has 0 aliphatic heterocycles. The minimum atomic E-state index is -0.0255. The third-order valence-corrected chi connectivity index (χ3v) is 5.68. The molecule has 0 unspecified atom stereocenters. The van der Waals surface area contributed by atoms with Gasteiger partial charge in [0.25, 0.3) is 0 Å². The summed E-state index contributed by atoms with van der Waals surface area (Å²) in [6.45, 7) is 1.76. The summed E-state index contributed by atoms with van der Waals surface area (Å²) in [6.07, 6.45) is 8.19. The molecule has 1 amide bonds. The number of benzene rings is 1. The first-order chi connectivity index (χ1) is 12.0. The molecule has 2 aromatic rings. The Bertz CT molecular complexity index is 740. The zero-order valence-corrected chi connectivity index (χ0v) is 16.0. The minimum Gasteiger partial charge on any atom is -0.353 e. The van der Waals surface area contributed by atoms with Crippen LogP contribution in [0.3, 0.4) is 0 Å². The van der Waals surface area contributed by atoms with Crippen LogP contribution in [0.1, 0.15) is 32.1 Å². The molecule has 3 rings (SSSR count). The summed E-state index contributed by atoms with van der Waals surface area (Å²) in [5.74, 6) is -0.0255. The zero-order chi connectivity index (χ0) is 17.8. The van der Waals surface area contributed by atoms with Crippen LogP contribution in [-0.4, -0.2) is 46.5 Å². The van der Waals surface area contributed by atoms with E-state index >= 15 is 0 Å². The van der Waals surface area contributed by atoms with Crippen molar-refractivity contribution in [3.63, 3.8) is 0 Å². The van der Waals surface area contributed by atoms with E-state index in [-0.39, 0.29) is 12.5 Å². The molecular weight excluding hydrogens is 359 g/mol. The average molecular weight is 383 g/mol. The lowest BCUT2D eigenvalue weighted by atomic mass is 9.94. The van der Waals surface area contributed by atoms with Crippen LogP contribution in [0.4, 0.5) is 0 Å². The highest BCUT2D eigenvalue weighted by Gasteiger charge is 2.17. The fourth-order valence-corrected chi connectivity index (χ4v) is 3.78. The van der Waals surface area contributed by atoms with Crippen molar-refractivity contribution in [3.05, 3.63) is 28.5 Å². The molecule has 0 spiro atoms. The van der Waals surface area contributed by atoms with Gasteiger partial charge in [-0.25, -0.2) is 4.98 Å². The van der Waals surface area contributed by atoms with Crippen molar-refractivity contribution >= 4 is 40.1 Å². The first kappa shape index (κ1) is 18.5. The summed E-state index contributed by atoms with van der Waals surface area (Å²) >= 11 is 12.1. The number of nitrogens with zero attached hydrogens (tertiary/aromatic N) is 3. The van der Waals surface area contributed by atoms with Gasteiger partial charge in [0.2, 0.25) is 5.91 Å². The molecule has 1 fully saturated rings. The fourth-order valence-electron chi connectivity index (χ4n) is 3.47. The zero-order valence-electron chi connectivity index (χ0n) is 14.5. The van der Waals surface area contributed by atoms with Gasteiger partial charge >= 0.3 is 0 Å². The Morgan fingerprint density at radius 2 is 2.00 bits per heavy atom. The molecule has 1 aromatic heterocycles. The second kappa shape index (κ2) is 8.39. The number of carbonyl (C=O) groups is 1. The minimum absolute atomic E-state index is 0.0255. The third-order valence-electron chi connectivity index (χ3n) is 4.96. The number of amides is 1. The monoisotopic (exact) mass is 382 g/mol. The van der Waals surface area contributed by atoms with Crippen LogP contribution in [0.5, 0.6) is 0 Å². The Hall–Kier alpha value is -1.30. The molecule has 0 saturated heterocycles. The number of hydrogen-bond donors (Lipinski definition) is 1. The SMILES string of the molecule is CN(CCNC(=O)Cn1cnc2cc(Cl)c(Cl)cc21)C1CCCCC1.